The molecule has 0 fully saturated rings. The van der Waals surface area contributed by atoms with Crippen LogP contribution in [-0.2, 0) is 9.84 Å². The van der Waals surface area contributed by atoms with E-state index in [1.807, 2.05) is 0 Å². The summed E-state index contributed by atoms with van der Waals surface area (Å²) in [5.74, 6) is 0. The number of benzene rings is 1. The Bertz CT molecular complexity index is 558. The Labute approximate surface area is 87.9 Å². The van der Waals surface area contributed by atoms with Crippen LogP contribution in [0.2, 0.25) is 0 Å². The number of rotatable bonds is 2. The summed E-state index contributed by atoms with van der Waals surface area (Å²) in [6, 6.07) is 8.27. The van der Waals surface area contributed by atoms with Gasteiger partial charge in [0.2, 0.25) is 9.84 Å². The van der Waals surface area contributed by atoms with Crippen molar-refractivity contribution in [1.82, 2.24) is 10.2 Å². The van der Waals surface area contributed by atoms with Gasteiger partial charge in [0.15, 0.2) is 5.03 Å². The molecule has 0 aliphatic rings. The highest BCUT2D eigenvalue weighted by molar-refractivity contribution is 7.91. The number of hydrogen-bond acceptors (Lipinski definition) is 3. The first-order chi connectivity index (χ1) is 7.12. The molecule has 1 heterocycles. The molecule has 2 aromatic rings. The summed E-state index contributed by atoms with van der Waals surface area (Å²) in [7, 11) is -3.47. The lowest BCUT2D eigenvalue weighted by molar-refractivity contribution is 0.591. The normalized spacial score (nSPS) is 11.5. The van der Waals surface area contributed by atoms with Crippen molar-refractivity contribution in [2.45, 2.75) is 16.8 Å². The molecule has 2 rings (SSSR count). The molecule has 0 saturated carbocycles. The van der Waals surface area contributed by atoms with Gasteiger partial charge in [-0.15, -0.1) is 0 Å². The van der Waals surface area contributed by atoms with Crippen LogP contribution in [0, 0.1) is 6.92 Å². The number of hydrogen-bond donors (Lipinski definition) is 1. The molecule has 1 aromatic heterocycles. The van der Waals surface area contributed by atoms with Gasteiger partial charge in [0, 0.05) is 11.8 Å². The summed E-state index contributed by atoms with van der Waals surface area (Å²) in [6.45, 7) is 1.71. The van der Waals surface area contributed by atoms with E-state index in [9.17, 15) is 8.42 Å². The first kappa shape index (κ1) is 9.92. The van der Waals surface area contributed by atoms with Crippen molar-refractivity contribution in [2.24, 2.45) is 0 Å². The molecule has 1 N–H and O–H groups in total. The van der Waals surface area contributed by atoms with E-state index >= 15 is 0 Å². The van der Waals surface area contributed by atoms with Gasteiger partial charge < -0.3 is 0 Å². The molecule has 0 aliphatic heterocycles. The van der Waals surface area contributed by atoms with Gasteiger partial charge in [0.05, 0.1) is 4.90 Å². The van der Waals surface area contributed by atoms with Gasteiger partial charge in [0.25, 0.3) is 0 Å². The highest BCUT2D eigenvalue weighted by Gasteiger charge is 2.21. The van der Waals surface area contributed by atoms with Crippen LogP contribution in [0.3, 0.4) is 0 Å². The van der Waals surface area contributed by atoms with E-state index in [1.165, 1.54) is 0 Å². The van der Waals surface area contributed by atoms with Gasteiger partial charge in [0.1, 0.15) is 0 Å². The van der Waals surface area contributed by atoms with Crippen LogP contribution in [0.1, 0.15) is 5.56 Å². The number of aryl methyl sites for hydroxylation is 1. The third-order valence-electron chi connectivity index (χ3n) is 2.09. The number of nitrogens with one attached hydrogen (secondary N) is 1. The topological polar surface area (TPSA) is 62.8 Å². The van der Waals surface area contributed by atoms with E-state index in [0.717, 1.165) is 0 Å². The zero-order valence-corrected chi connectivity index (χ0v) is 8.95. The number of aromatic nitrogens is 2. The lowest BCUT2D eigenvalue weighted by Gasteiger charge is -2.01. The minimum absolute atomic E-state index is 0.0914. The number of nitrogens with zero attached hydrogens (tertiary/aromatic N) is 1. The monoisotopic (exact) mass is 222 g/mol. The molecule has 0 saturated heterocycles. The largest absolute Gasteiger partial charge is 0.284 e. The van der Waals surface area contributed by atoms with Crippen molar-refractivity contribution in [2.75, 3.05) is 0 Å². The maximum absolute atomic E-state index is 12.0. The van der Waals surface area contributed by atoms with Crippen molar-refractivity contribution in [3.8, 4) is 0 Å². The average Bonchev–Trinajstić information content (AvgIpc) is 2.66. The van der Waals surface area contributed by atoms with Crippen molar-refractivity contribution in [3.63, 3.8) is 0 Å². The minimum Gasteiger partial charge on any atom is -0.284 e. The fraction of sp³-hybridized carbons (Fsp3) is 0.100. The Morgan fingerprint density at radius 2 is 1.87 bits per heavy atom. The van der Waals surface area contributed by atoms with E-state index in [2.05, 4.69) is 10.2 Å². The third-order valence-corrected chi connectivity index (χ3v) is 3.91. The Morgan fingerprint density at radius 3 is 2.40 bits per heavy atom. The summed E-state index contributed by atoms with van der Waals surface area (Å²) in [5, 5.41) is 6.39. The first-order valence-corrected chi connectivity index (χ1v) is 5.91. The Balaban J connectivity index is 2.60. The standard InChI is InChI=1S/C10H10N2O2S/c1-8-7-11-12-10(8)15(13,14)9-5-3-2-4-6-9/h2-7H,1H3,(H,11,12). The van der Waals surface area contributed by atoms with Crippen molar-refractivity contribution in [3.05, 3.63) is 42.1 Å². The quantitative estimate of drug-likeness (QED) is 0.838. The molecule has 0 unspecified atom stereocenters. The van der Waals surface area contributed by atoms with E-state index in [0.29, 0.717) is 5.56 Å². The van der Waals surface area contributed by atoms with Gasteiger partial charge in [-0.05, 0) is 19.1 Å². The zero-order chi connectivity index (χ0) is 10.9. The summed E-state index contributed by atoms with van der Waals surface area (Å²) in [5.41, 5.74) is 0.624. The van der Waals surface area contributed by atoms with Gasteiger partial charge in [-0.3, -0.25) is 5.10 Å². The molecule has 5 heteroatoms. The first-order valence-electron chi connectivity index (χ1n) is 4.43. The molecular weight excluding hydrogens is 212 g/mol. The molecule has 0 amide bonds. The van der Waals surface area contributed by atoms with E-state index in [4.69, 9.17) is 0 Å². The molecule has 0 aliphatic carbocycles. The molecule has 78 valence electrons. The summed E-state index contributed by atoms with van der Waals surface area (Å²) in [6.07, 6.45) is 1.57. The van der Waals surface area contributed by atoms with E-state index in [-0.39, 0.29) is 9.92 Å². The van der Waals surface area contributed by atoms with Crippen LogP contribution >= 0.6 is 0 Å². The second-order valence-corrected chi connectivity index (χ2v) is 5.05. The molecule has 0 radical (unpaired) electrons. The maximum atomic E-state index is 12.0. The minimum atomic E-state index is -3.47. The Kier molecular flexibility index (Phi) is 2.32. The molecule has 0 atom stereocenters. The van der Waals surface area contributed by atoms with Crippen LogP contribution in [0.15, 0.2) is 46.5 Å². The smallest absolute Gasteiger partial charge is 0.225 e. The van der Waals surface area contributed by atoms with Crippen molar-refractivity contribution >= 4 is 9.84 Å². The van der Waals surface area contributed by atoms with Gasteiger partial charge in [-0.25, -0.2) is 8.42 Å². The third kappa shape index (κ3) is 1.66. The highest BCUT2D eigenvalue weighted by Crippen LogP contribution is 2.20. The van der Waals surface area contributed by atoms with Crippen LogP contribution in [-0.4, -0.2) is 18.6 Å². The van der Waals surface area contributed by atoms with Crippen LogP contribution in [0.4, 0.5) is 0 Å². The lowest BCUT2D eigenvalue weighted by atomic mass is 10.4. The van der Waals surface area contributed by atoms with E-state index in [1.54, 1.807) is 43.5 Å². The zero-order valence-electron chi connectivity index (χ0n) is 8.14. The second kappa shape index (κ2) is 3.51. The fourth-order valence-corrected chi connectivity index (χ4v) is 2.72. The van der Waals surface area contributed by atoms with Crippen molar-refractivity contribution < 1.29 is 8.42 Å². The summed E-state index contributed by atoms with van der Waals surface area (Å²) < 4.78 is 24.1. The molecule has 4 nitrogen and oxygen atoms in total. The predicted molar refractivity (Wildman–Crippen MR) is 55.2 cm³/mol. The Hall–Kier alpha value is -1.62. The SMILES string of the molecule is Cc1c[nH]nc1S(=O)(=O)c1ccccc1. The summed E-state index contributed by atoms with van der Waals surface area (Å²) in [4.78, 5) is 0.264. The van der Waals surface area contributed by atoms with Gasteiger partial charge in [-0.1, -0.05) is 18.2 Å². The van der Waals surface area contributed by atoms with Crippen molar-refractivity contribution in [1.29, 1.82) is 0 Å². The molecule has 0 bridgehead atoms. The molecule has 1 aromatic carbocycles. The predicted octanol–water partition coefficient (Wildman–Crippen LogP) is 1.55. The van der Waals surface area contributed by atoms with Gasteiger partial charge in [-0.2, -0.15) is 5.10 Å². The van der Waals surface area contributed by atoms with Crippen LogP contribution in [0.25, 0.3) is 0 Å². The Morgan fingerprint density at radius 1 is 1.20 bits per heavy atom. The number of sulfone groups is 1. The number of H-pyrrole nitrogens is 1. The average molecular weight is 222 g/mol. The van der Waals surface area contributed by atoms with Crippen LogP contribution in [0.5, 0.6) is 0 Å². The van der Waals surface area contributed by atoms with Gasteiger partial charge >= 0.3 is 0 Å². The molecule has 0 spiro atoms. The summed E-state index contributed by atoms with van der Waals surface area (Å²) >= 11 is 0. The van der Waals surface area contributed by atoms with Crippen LogP contribution < -0.4 is 0 Å². The highest BCUT2D eigenvalue weighted by atomic mass is 32.2. The molecule has 15 heavy (non-hydrogen) atoms. The second-order valence-electron chi connectivity index (χ2n) is 3.19. The fourth-order valence-electron chi connectivity index (χ4n) is 1.32. The number of aromatic amines is 1. The lowest BCUT2D eigenvalue weighted by Crippen LogP contribution is -2.03. The molecular formula is C10H10N2O2S. The van der Waals surface area contributed by atoms with E-state index < -0.39 is 9.84 Å². The maximum Gasteiger partial charge on any atom is 0.225 e.